The molecule has 6 heteroatoms. The maximum atomic E-state index is 12.8. The molecule has 0 bridgehead atoms. The fourth-order valence-electron chi connectivity index (χ4n) is 6.52. The van der Waals surface area contributed by atoms with Crippen molar-refractivity contribution in [2.45, 2.75) is 49.5 Å². The van der Waals surface area contributed by atoms with E-state index in [0.717, 1.165) is 44.6 Å². The summed E-state index contributed by atoms with van der Waals surface area (Å²) in [5.74, 6) is 0.760. The highest BCUT2D eigenvalue weighted by atomic mass is 16.5. The van der Waals surface area contributed by atoms with Crippen LogP contribution in [0.2, 0.25) is 0 Å². The van der Waals surface area contributed by atoms with Gasteiger partial charge in [0.25, 0.3) is 0 Å². The first-order valence-corrected chi connectivity index (χ1v) is 11.2. The second-order valence-electron chi connectivity index (χ2n) is 9.27. The topological polar surface area (TPSA) is 59.9 Å². The zero-order valence-electron chi connectivity index (χ0n) is 17.8. The van der Waals surface area contributed by atoms with Crippen molar-refractivity contribution in [3.63, 3.8) is 0 Å². The van der Waals surface area contributed by atoms with Gasteiger partial charge in [0.05, 0.1) is 18.8 Å². The molecule has 4 aliphatic rings. The number of para-hydroxylation sites is 1. The molecule has 4 heterocycles. The lowest BCUT2D eigenvalue weighted by Crippen LogP contribution is -2.59. The van der Waals surface area contributed by atoms with Crippen molar-refractivity contribution in [2.75, 3.05) is 25.1 Å². The molecule has 6 nitrogen and oxygen atoms in total. The third-order valence-corrected chi connectivity index (χ3v) is 7.90. The molecule has 4 aliphatic heterocycles. The molecule has 2 aromatic carbocycles. The Morgan fingerprint density at radius 1 is 1.10 bits per heavy atom. The summed E-state index contributed by atoms with van der Waals surface area (Å²) in [7, 11) is 1.48. The number of benzene rings is 2. The molecule has 2 aromatic rings. The molecule has 3 saturated heterocycles. The number of nitrogens with zero attached hydrogens (tertiary/aromatic N) is 3. The quantitative estimate of drug-likeness (QED) is 0.779. The van der Waals surface area contributed by atoms with Gasteiger partial charge in [-0.3, -0.25) is 20.0 Å². The molecule has 0 aromatic heterocycles. The van der Waals surface area contributed by atoms with Crippen LogP contribution in [0.3, 0.4) is 0 Å². The lowest BCUT2D eigenvalue weighted by Gasteiger charge is -2.45. The number of piperidine rings is 1. The second kappa shape index (κ2) is 6.90. The lowest BCUT2D eigenvalue weighted by molar-refractivity contribution is -0.148. The van der Waals surface area contributed by atoms with Crippen molar-refractivity contribution in [1.29, 1.82) is 5.41 Å². The first-order chi connectivity index (χ1) is 15.1. The second-order valence-corrected chi connectivity index (χ2v) is 9.27. The average Bonchev–Trinajstić information content (AvgIpc) is 3.42. The summed E-state index contributed by atoms with van der Waals surface area (Å²) in [6.07, 6.45) is 2.57. The number of carbonyl (C=O) groups excluding carboxylic acids is 1. The average molecular weight is 417 g/mol. The van der Waals surface area contributed by atoms with E-state index in [9.17, 15) is 10.2 Å². The van der Waals surface area contributed by atoms with E-state index in [1.165, 1.54) is 18.2 Å². The molecule has 160 valence electrons. The zero-order valence-corrected chi connectivity index (χ0v) is 17.8. The molecule has 1 spiro atoms. The number of esters is 1. The van der Waals surface area contributed by atoms with Crippen molar-refractivity contribution >= 4 is 17.5 Å². The Morgan fingerprint density at radius 3 is 2.55 bits per heavy atom. The number of rotatable bonds is 3. The SMILES string of the molecule is COC(=O)[C@@H]1C[C@@H]2c3ccccc3N3C(=N)C4(CCN(Cc5ccccc5)CC4)N1[C@H]23. The molecule has 6 rings (SSSR count). The molecule has 0 saturated carbocycles. The van der Waals surface area contributed by atoms with Crippen LogP contribution in [0.25, 0.3) is 0 Å². The highest BCUT2D eigenvalue weighted by Crippen LogP contribution is 2.58. The molecule has 0 radical (unpaired) electrons. The number of anilines is 1. The van der Waals surface area contributed by atoms with Crippen LogP contribution in [-0.4, -0.2) is 59.6 Å². The molecule has 0 amide bonds. The number of hydrogen-bond acceptors (Lipinski definition) is 5. The van der Waals surface area contributed by atoms with Crippen LogP contribution in [0.4, 0.5) is 5.69 Å². The van der Waals surface area contributed by atoms with Crippen molar-refractivity contribution in [3.8, 4) is 0 Å². The maximum absolute atomic E-state index is 12.8. The smallest absolute Gasteiger partial charge is 0.323 e. The molecule has 1 N–H and O–H groups in total. The van der Waals surface area contributed by atoms with E-state index >= 15 is 0 Å². The van der Waals surface area contributed by atoms with Gasteiger partial charge in [-0.05, 0) is 36.5 Å². The van der Waals surface area contributed by atoms with Crippen LogP contribution >= 0.6 is 0 Å². The fourth-order valence-corrected chi connectivity index (χ4v) is 6.52. The van der Waals surface area contributed by atoms with Gasteiger partial charge >= 0.3 is 5.97 Å². The number of amidine groups is 1. The van der Waals surface area contributed by atoms with Crippen molar-refractivity contribution < 1.29 is 9.53 Å². The number of nitrogens with one attached hydrogen (secondary N) is 1. The first-order valence-electron chi connectivity index (χ1n) is 11.2. The van der Waals surface area contributed by atoms with Crippen molar-refractivity contribution in [2.24, 2.45) is 0 Å². The molecular formula is C25H28N4O2. The third kappa shape index (κ3) is 2.58. The lowest BCUT2D eigenvalue weighted by atomic mass is 9.84. The minimum absolute atomic E-state index is 0.0645. The molecule has 0 aliphatic carbocycles. The highest BCUT2D eigenvalue weighted by molar-refractivity contribution is 6.08. The van der Waals surface area contributed by atoms with Gasteiger partial charge in [0.15, 0.2) is 0 Å². The van der Waals surface area contributed by atoms with E-state index in [1.807, 2.05) is 0 Å². The summed E-state index contributed by atoms with van der Waals surface area (Å²) >= 11 is 0. The van der Waals surface area contributed by atoms with Crippen molar-refractivity contribution in [1.82, 2.24) is 9.80 Å². The van der Waals surface area contributed by atoms with Gasteiger partial charge in [0, 0.05) is 31.2 Å². The summed E-state index contributed by atoms with van der Waals surface area (Å²) in [6.45, 7) is 2.78. The van der Waals surface area contributed by atoms with Gasteiger partial charge in [-0.25, -0.2) is 0 Å². The largest absolute Gasteiger partial charge is 0.468 e. The van der Waals surface area contributed by atoms with E-state index < -0.39 is 0 Å². The van der Waals surface area contributed by atoms with Crippen LogP contribution in [0.1, 0.15) is 36.3 Å². The minimum Gasteiger partial charge on any atom is -0.468 e. The summed E-state index contributed by atoms with van der Waals surface area (Å²) in [4.78, 5) is 19.9. The molecular weight excluding hydrogens is 388 g/mol. The van der Waals surface area contributed by atoms with E-state index in [4.69, 9.17) is 4.74 Å². The van der Waals surface area contributed by atoms with Crippen LogP contribution < -0.4 is 4.90 Å². The summed E-state index contributed by atoms with van der Waals surface area (Å²) < 4.78 is 5.23. The number of ether oxygens (including phenoxy) is 1. The van der Waals surface area contributed by atoms with Gasteiger partial charge in [-0.15, -0.1) is 0 Å². The monoisotopic (exact) mass is 416 g/mol. The Balaban J connectivity index is 1.33. The summed E-state index contributed by atoms with van der Waals surface area (Å²) in [5.41, 5.74) is 3.35. The van der Waals surface area contributed by atoms with Crippen LogP contribution in [-0.2, 0) is 16.1 Å². The van der Waals surface area contributed by atoms with Gasteiger partial charge in [0.2, 0.25) is 0 Å². The zero-order chi connectivity index (χ0) is 21.2. The van der Waals surface area contributed by atoms with Gasteiger partial charge < -0.3 is 9.64 Å². The van der Waals surface area contributed by atoms with Crippen molar-refractivity contribution in [3.05, 3.63) is 65.7 Å². The standard InChI is InChI=1S/C25H28N4O2/c1-31-23(30)21-15-19-18-9-5-6-10-20(18)28-22(19)29(21)25(24(28)26)11-13-27(14-12-25)16-17-7-3-2-4-8-17/h2-10,19,21-22,26H,11-16H2,1H3/t19-,21+,22-/m1/s1. The molecule has 3 atom stereocenters. The van der Waals surface area contributed by atoms with Gasteiger partial charge in [0.1, 0.15) is 11.9 Å². The Bertz CT molecular complexity index is 1030. The van der Waals surface area contributed by atoms with Crippen LogP contribution in [0, 0.1) is 5.41 Å². The van der Waals surface area contributed by atoms with Crippen LogP contribution in [0.15, 0.2) is 54.6 Å². The Hall–Kier alpha value is -2.70. The van der Waals surface area contributed by atoms with Crippen LogP contribution in [0.5, 0.6) is 0 Å². The Kier molecular flexibility index (Phi) is 4.24. The van der Waals surface area contributed by atoms with E-state index in [0.29, 0.717) is 5.84 Å². The Morgan fingerprint density at radius 2 is 1.81 bits per heavy atom. The van der Waals surface area contributed by atoms with E-state index in [1.54, 1.807) is 0 Å². The number of hydrogen-bond donors (Lipinski definition) is 1. The van der Waals surface area contributed by atoms with Gasteiger partial charge in [-0.2, -0.15) is 0 Å². The minimum atomic E-state index is -0.390. The molecule has 0 unspecified atom stereocenters. The Labute approximate surface area is 182 Å². The summed E-state index contributed by atoms with van der Waals surface area (Å²) in [6, 6.07) is 18.7. The van der Waals surface area contributed by atoms with E-state index in [-0.39, 0.29) is 29.6 Å². The molecule has 31 heavy (non-hydrogen) atoms. The number of carbonyl (C=O) groups is 1. The number of likely N-dealkylation sites (tertiary alicyclic amines) is 1. The maximum Gasteiger partial charge on any atom is 0.323 e. The molecule has 3 fully saturated rings. The predicted octanol–water partition coefficient (Wildman–Crippen LogP) is 3.19. The number of fused-ring (bicyclic) bond motifs is 4. The predicted molar refractivity (Wildman–Crippen MR) is 119 cm³/mol. The normalized spacial score (nSPS) is 28.7. The van der Waals surface area contributed by atoms with E-state index in [2.05, 4.69) is 69.3 Å². The first kappa shape index (κ1) is 19.0. The van der Waals surface area contributed by atoms with Gasteiger partial charge in [-0.1, -0.05) is 48.5 Å². The third-order valence-electron chi connectivity index (χ3n) is 7.90. The summed E-state index contributed by atoms with van der Waals surface area (Å²) in [5, 5.41) is 9.29. The number of methoxy groups -OCH3 is 1. The fraction of sp³-hybridized carbons (Fsp3) is 0.440. The highest BCUT2D eigenvalue weighted by Gasteiger charge is 2.67.